The highest BCUT2D eigenvalue weighted by Gasteiger charge is 2.27. The van der Waals surface area contributed by atoms with Gasteiger partial charge in [0.25, 0.3) is 0 Å². The van der Waals surface area contributed by atoms with Crippen molar-refractivity contribution in [3.05, 3.63) is 10.4 Å². The first-order chi connectivity index (χ1) is 5.27. The zero-order chi connectivity index (χ0) is 8.16. The summed E-state index contributed by atoms with van der Waals surface area (Å²) in [4.78, 5) is 2.62. The third kappa shape index (κ3) is 3.28. The third-order valence-electron chi connectivity index (χ3n) is 1.96. The lowest BCUT2D eigenvalue weighted by Crippen LogP contribution is -2.43. The average Bonchev–Trinajstić information content (AvgIpc) is 2.03. The molecule has 0 unspecified atom stereocenters. The molecule has 2 N–H and O–H groups in total. The van der Waals surface area contributed by atoms with Crippen molar-refractivity contribution in [2.45, 2.75) is 18.4 Å². The molecule has 70 valence electrons. The minimum atomic E-state index is -0.752. The fourth-order valence-electron chi connectivity index (χ4n) is 1.21. The first-order valence-electron chi connectivity index (χ1n) is 3.71. The standard InChI is InChI=1S/C6H12N4O.ClH/c7-10-9-5-6(11)1-3-8-4-2-6;/h8,11H,1-5H2;1H. The Labute approximate surface area is 77.2 Å². The van der Waals surface area contributed by atoms with Crippen LogP contribution in [0.1, 0.15) is 12.8 Å². The molecule has 0 aliphatic carbocycles. The summed E-state index contributed by atoms with van der Waals surface area (Å²) in [7, 11) is 0. The highest BCUT2D eigenvalue weighted by Crippen LogP contribution is 2.17. The zero-order valence-electron chi connectivity index (χ0n) is 6.73. The maximum atomic E-state index is 9.70. The van der Waals surface area contributed by atoms with Crippen molar-refractivity contribution < 1.29 is 5.11 Å². The Hall–Kier alpha value is -0.480. The van der Waals surface area contributed by atoms with Crippen LogP contribution in [0.15, 0.2) is 5.11 Å². The number of rotatable bonds is 2. The Bertz CT molecular complexity index is 174. The van der Waals surface area contributed by atoms with E-state index in [1.807, 2.05) is 0 Å². The molecule has 1 heterocycles. The molecule has 0 atom stereocenters. The molecule has 5 nitrogen and oxygen atoms in total. The van der Waals surface area contributed by atoms with E-state index in [-0.39, 0.29) is 19.0 Å². The van der Waals surface area contributed by atoms with Crippen molar-refractivity contribution in [3.8, 4) is 0 Å². The van der Waals surface area contributed by atoms with Gasteiger partial charge in [0.2, 0.25) is 0 Å². The fraction of sp³-hybridized carbons (Fsp3) is 1.00. The number of halogens is 1. The first kappa shape index (κ1) is 11.5. The van der Waals surface area contributed by atoms with Crippen molar-refractivity contribution in [2.24, 2.45) is 5.11 Å². The van der Waals surface area contributed by atoms with Crippen molar-refractivity contribution in [1.82, 2.24) is 5.32 Å². The Morgan fingerprint density at radius 1 is 1.50 bits per heavy atom. The van der Waals surface area contributed by atoms with Crippen molar-refractivity contribution >= 4 is 12.4 Å². The summed E-state index contributed by atoms with van der Waals surface area (Å²) in [5, 5.41) is 16.2. The molecule has 0 aromatic heterocycles. The molecule has 1 rings (SSSR count). The molecule has 6 heteroatoms. The predicted octanol–water partition coefficient (Wildman–Crippen LogP) is 0.833. The second kappa shape index (κ2) is 5.22. The van der Waals surface area contributed by atoms with Crippen molar-refractivity contribution in [1.29, 1.82) is 0 Å². The molecular formula is C6H13ClN4O. The van der Waals surface area contributed by atoms with E-state index in [1.165, 1.54) is 0 Å². The van der Waals surface area contributed by atoms with Gasteiger partial charge in [0.15, 0.2) is 0 Å². The summed E-state index contributed by atoms with van der Waals surface area (Å²) in [6.45, 7) is 1.81. The van der Waals surface area contributed by atoms with E-state index < -0.39 is 5.60 Å². The summed E-state index contributed by atoms with van der Waals surface area (Å²) in [5.74, 6) is 0. The highest BCUT2D eigenvalue weighted by molar-refractivity contribution is 5.85. The molecule has 12 heavy (non-hydrogen) atoms. The lowest BCUT2D eigenvalue weighted by atomic mass is 9.93. The molecule has 0 bridgehead atoms. The van der Waals surface area contributed by atoms with Crippen LogP contribution in [0.4, 0.5) is 0 Å². The maximum absolute atomic E-state index is 9.70. The molecular weight excluding hydrogens is 180 g/mol. The molecule has 1 saturated heterocycles. The topological polar surface area (TPSA) is 81.0 Å². The lowest BCUT2D eigenvalue weighted by molar-refractivity contribution is 0.0193. The molecule has 1 aliphatic heterocycles. The van der Waals surface area contributed by atoms with E-state index in [9.17, 15) is 5.11 Å². The number of azide groups is 1. The Kier molecular flexibility index (Phi) is 5.01. The van der Waals surface area contributed by atoms with E-state index in [1.54, 1.807) is 0 Å². The van der Waals surface area contributed by atoms with Crippen LogP contribution < -0.4 is 5.32 Å². The number of hydrogen-bond donors (Lipinski definition) is 2. The highest BCUT2D eigenvalue weighted by atomic mass is 35.5. The minimum absolute atomic E-state index is 0. The second-order valence-electron chi connectivity index (χ2n) is 2.86. The van der Waals surface area contributed by atoms with Crippen LogP contribution in [-0.4, -0.2) is 30.3 Å². The molecule has 1 aliphatic rings. The minimum Gasteiger partial charge on any atom is -0.390 e. The zero-order valence-corrected chi connectivity index (χ0v) is 7.55. The molecule has 0 aromatic rings. The van der Waals surface area contributed by atoms with Crippen LogP contribution >= 0.6 is 12.4 Å². The molecule has 0 radical (unpaired) electrons. The van der Waals surface area contributed by atoms with E-state index in [0.717, 1.165) is 13.1 Å². The summed E-state index contributed by atoms with van der Waals surface area (Å²) < 4.78 is 0. The Morgan fingerprint density at radius 2 is 2.08 bits per heavy atom. The number of nitrogens with one attached hydrogen (secondary N) is 1. The van der Waals surface area contributed by atoms with E-state index in [0.29, 0.717) is 12.8 Å². The Balaban J connectivity index is 0.00000121. The monoisotopic (exact) mass is 192 g/mol. The van der Waals surface area contributed by atoms with Gasteiger partial charge >= 0.3 is 0 Å². The summed E-state index contributed by atoms with van der Waals surface area (Å²) in [5.41, 5.74) is 7.29. The largest absolute Gasteiger partial charge is 0.390 e. The van der Waals surface area contributed by atoms with E-state index in [4.69, 9.17) is 5.53 Å². The smallest absolute Gasteiger partial charge is 0.0728 e. The number of hydrogen-bond acceptors (Lipinski definition) is 3. The normalized spacial score (nSPS) is 20.4. The van der Waals surface area contributed by atoms with Gasteiger partial charge in [0, 0.05) is 4.91 Å². The average molecular weight is 193 g/mol. The van der Waals surface area contributed by atoms with Crippen LogP contribution in [0.2, 0.25) is 0 Å². The van der Waals surface area contributed by atoms with Gasteiger partial charge in [0.1, 0.15) is 0 Å². The third-order valence-corrected chi connectivity index (χ3v) is 1.96. The van der Waals surface area contributed by atoms with Crippen molar-refractivity contribution in [3.63, 3.8) is 0 Å². The van der Waals surface area contributed by atoms with Crippen LogP contribution in [-0.2, 0) is 0 Å². The van der Waals surface area contributed by atoms with Gasteiger partial charge in [-0.3, -0.25) is 0 Å². The SMILES string of the molecule is Cl.[N-]=[N+]=NCC1(O)CCNCC1. The molecule has 1 fully saturated rings. The van der Waals surface area contributed by atoms with Gasteiger partial charge in [-0.1, -0.05) is 5.11 Å². The Morgan fingerprint density at radius 3 is 2.58 bits per heavy atom. The number of piperidine rings is 1. The lowest BCUT2D eigenvalue weighted by Gasteiger charge is -2.30. The van der Waals surface area contributed by atoms with Crippen LogP contribution in [0.5, 0.6) is 0 Å². The second-order valence-corrected chi connectivity index (χ2v) is 2.86. The fourth-order valence-corrected chi connectivity index (χ4v) is 1.21. The van der Waals surface area contributed by atoms with Crippen molar-refractivity contribution in [2.75, 3.05) is 19.6 Å². The maximum Gasteiger partial charge on any atom is 0.0728 e. The number of aliphatic hydroxyl groups is 1. The predicted molar refractivity (Wildman–Crippen MR) is 48.3 cm³/mol. The quantitative estimate of drug-likeness (QED) is 0.386. The molecule has 0 spiro atoms. The van der Waals surface area contributed by atoms with Gasteiger partial charge in [0.05, 0.1) is 12.1 Å². The van der Waals surface area contributed by atoms with Gasteiger partial charge in [-0.05, 0) is 31.5 Å². The first-order valence-corrected chi connectivity index (χ1v) is 3.71. The van der Waals surface area contributed by atoms with Gasteiger partial charge in [-0.2, -0.15) is 0 Å². The molecule has 0 aromatic carbocycles. The summed E-state index contributed by atoms with van der Waals surface area (Å²) in [6.07, 6.45) is 1.35. The van der Waals surface area contributed by atoms with Crippen LogP contribution in [0, 0.1) is 0 Å². The molecule has 0 saturated carbocycles. The molecule has 0 amide bonds. The number of nitrogens with zero attached hydrogens (tertiary/aromatic N) is 3. The van der Waals surface area contributed by atoms with E-state index >= 15 is 0 Å². The summed E-state index contributed by atoms with van der Waals surface area (Å²) in [6, 6.07) is 0. The van der Waals surface area contributed by atoms with Gasteiger partial charge in [-0.25, -0.2) is 0 Å². The van der Waals surface area contributed by atoms with Crippen LogP contribution in [0.25, 0.3) is 10.4 Å². The van der Waals surface area contributed by atoms with Gasteiger partial charge in [-0.15, -0.1) is 12.4 Å². The summed E-state index contributed by atoms with van der Waals surface area (Å²) >= 11 is 0. The van der Waals surface area contributed by atoms with E-state index in [2.05, 4.69) is 15.3 Å². The van der Waals surface area contributed by atoms with Gasteiger partial charge < -0.3 is 10.4 Å². The van der Waals surface area contributed by atoms with Crippen LogP contribution in [0.3, 0.4) is 0 Å².